The topological polar surface area (TPSA) is 81.3 Å². The Hall–Kier alpha value is -1.52. The van der Waals surface area contributed by atoms with Crippen LogP contribution in [0.1, 0.15) is 6.42 Å². The lowest BCUT2D eigenvalue weighted by atomic mass is 10.3. The normalized spacial score (nSPS) is 16.8. The van der Waals surface area contributed by atoms with Crippen LogP contribution in [0, 0.1) is 0 Å². The van der Waals surface area contributed by atoms with Crippen LogP contribution >= 0.6 is 0 Å². The van der Waals surface area contributed by atoms with Crippen molar-refractivity contribution in [3.63, 3.8) is 0 Å². The molecular formula is C5H5N2O3-. The van der Waals surface area contributed by atoms with E-state index in [0.29, 0.717) is 0 Å². The molecule has 0 aromatic rings. The van der Waals surface area contributed by atoms with Crippen LogP contribution in [0.5, 0.6) is 0 Å². The molecule has 0 aromatic carbocycles. The maximum Gasteiger partial charge on any atom is 0.242 e. The third kappa shape index (κ3) is 1.25. The van der Waals surface area contributed by atoms with Crippen molar-refractivity contribution in [2.24, 2.45) is 0 Å². The molecule has 54 valence electrons. The average molecular weight is 141 g/mol. The van der Waals surface area contributed by atoms with E-state index in [-0.39, 0.29) is 18.0 Å². The smallest absolute Gasteiger partial charge is 0.242 e. The van der Waals surface area contributed by atoms with Crippen molar-refractivity contribution in [2.75, 3.05) is 0 Å². The van der Waals surface area contributed by atoms with Gasteiger partial charge in [0.25, 0.3) is 0 Å². The monoisotopic (exact) mass is 141 g/mol. The van der Waals surface area contributed by atoms with Crippen molar-refractivity contribution >= 4 is 11.9 Å². The quantitative estimate of drug-likeness (QED) is 0.428. The van der Waals surface area contributed by atoms with Gasteiger partial charge in [0.15, 0.2) is 0 Å². The van der Waals surface area contributed by atoms with Gasteiger partial charge in [-0.1, -0.05) is 0 Å². The van der Waals surface area contributed by atoms with E-state index in [9.17, 15) is 14.7 Å². The van der Waals surface area contributed by atoms with Crippen LogP contribution in [0.3, 0.4) is 0 Å². The fourth-order valence-corrected chi connectivity index (χ4v) is 0.568. The van der Waals surface area contributed by atoms with E-state index in [4.69, 9.17) is 0 Å². The number of aliphatic carboxylic acids is 1. The summed E-state index contributed by atoms with van der Waals surface area (Å²) >= 11 is 0. The summed E-state index contributed by atoms with van der Waals surface area (Å²) in [5, 5.41) is 10.1. The number of carboxylic acids is 1. The molecular weight excluding hydrogens is 136 g/mol. The molecule has 5 nitrogen and oxygen atoms in total. The van der Waals surface area contributed by atoms with Crippen LogP contribution in [0.25, 0.3) is 0 Å². The molecule has 0 unspecified atom stereocenters. The molecule has 0 aliphatic carbocycles. The molecule has 0 saturated carbocycles. The van der Waals surface area contributed by atoms with Gasteiger partial charge in [0.2, 0.25) is 5.91 Å². The SMILES string of the molecule is O=C1CC=C(C(=O)[O-])NN1. The zero-order valence-electron chi connectivity index (χ0n) is 5.01. The Bertz CT molecular complexity index is 209. The molecule has 0 aromatic heterocycles. The van der Waals surface area contributed by atoms with Crippen LogP contribution in [-0.4, -0.2) is 11.9 Å². The number of nitrogens with one attached hydrogen (secondary N) is 2. The summed E-state index contributed by atoms with van der Waals surface area (Å²) in [6, 6.07) is 0. The number of hydrogen-bond acceptors (Lipinski definition) is 4. The van der Waals surface area contributed by atoms with Gasteiger partial charge in [0, 0.05) is 6.42 Å². The summed E-state index contributed by atoms with van der Waals surface area (Å²) in [6.07, 6.45) is 1.34. The van der Waals surface area contributed by atoms with E-state index in [2.05, 4.69) is 10.9 Å². The molecule has 0 spiro atoms. The van der Waals surface area contributed by atoms with Crippen LogP contribution < -0.4 is 16.0 Å². The molecule has 1 aliphatic heterocycles. The first-order valence-corrected chi connectivity index (χ1v) is 2.66. The van der Waals surface area contributed by atoms with E-state index in [1.54, 1.807) is 0 Å². The Labute approximate surface area is 56.7 Å². The van der Waals surface area contributed by atoms with Gasteiger partial charge in [-0.05, 0) is 6.08 Å². The van der Waals surface area contributed by atoms with Crippen molar-refractivity contribution in [2.45, 2.75) is 6.42 Å². The molecule has 1 aliphatic rings. The van der Waals surface area contributed by atoms with E-state index in [1.807, 2.05) is 0 Å². The summed E-state index contributed by atoms with van der Waals surface area (Å²) in [4.78, 5) is 20.5. The summed E-state index contributed by atoms with van der Waals surface area (Å²) in [5.41, 5.74) is 4.21. The van der Waals surface area contributed by atoms with Gasteiger partial charge in [-0.25, -0.2) is 0 Å². The Balaban J connectivity index is 2.65. The first-order chi connectivity index (χ1) is 4.70. The first-order valence-electron chi connectivity index (χ1n) is 2.66. The number of rotatable bonds is 1. The number of amides is 1. The highest BCUT2D eigenvalue weighted by Crippen LogP contribution is 1.94. The van der Waals surface area contributed by atoms with E-state index < -0.39 is 5.97 Å². The molecule has 0 fully saturated rings. The average Bonchev–Trinajstić information content (AvgIpc) is 1.88. The van der Waals surface area contributed by atoms with Crippen molar-refractivity contribution in [3.05, 3.63) is 11.8 Å². The Morgan fingerprint density at radius 1 is 1.60 bits per heavy atom. The number of carboxylic acid groups (broad SMARTS) is 1. The van der Waals surface area contributed by atoms with E-state index >= 15 is 0 Å². The van der Waals surface area contributed by atoms with Crippen LogP contribution in [0.2, 0.25) is 0 Å². The molecule has 1 amide bonds. The fraction of sp³-hybridized carbons (Fsp3) is 0.200. The molecule has 0 saturated heterocycles. The highest BCUT2D eigenvalue weighted by Gasteiger charge is 2.07. The molecule has 5 heteroatoms. The van der Waals surface area contributed by atoms with Gasteiger partial charge in [-0.15, -0.1) is 0 Å². The van der Waals surface area contributed by atoms with E-state index in [1.165, 1.54) is 6.08 Å². The van der Waals surface area contributed by atoms with Crippen molar-refractivity contribution in [1.29, 1.82) is 0 Å². The lowest BCUT2D eigenvalue weighted by Crippen LogP contribution is -2.45. The summed E-state index contributed by atoms with van der Waals surface area (Å²) < 4.78 is 0. The highest BCUT2D eigenvalue weighted by atomic mass is 16.4. The summed E-state index contributed by atoms with van der Waals surface area (Å²) in [6.45, 7) is 0. The van der Waals surface area contributed by atoms with Gasteiger partial charge in [0.05, 0.1) is 11.7 Å². The van der Waals surface area contributed by atoms with E-state index in [0.717, 1.165) is 0 Å². The van der Waals surface area contributed by atoms with Crippen LogP contribution in [0.4, 0.5) is 0 Å². The zero-order valence-corrected chi connectivity index (χ0v) is 5.01. The minimum atomic E-state index is -1.32. The number of carbonyl (C=O) groups is 2. The standard InChI is InChI=1S/C5H6N2O3/c8-4-2-1-3(5(9)10)6-7-4/h1,6H,2H2,(H,7,8)(H,9,10)/p-1. The van der Waals surface area contributed by atoms with Crippen LogP contribution in [-0.2, 0) is 9.59 Å². The number of carbonyl (C=O) groups excluding carboxylic acids is 2. The second-order valence-electron chi connectivity index (χ2n) is 1.78. The molecule has 2 N–H and O–H groups in total. The molecule has 10 heavy (non-hydrogen) atoms. The third-order valence-corrected chi connectivity index (χ3v) is 1.05. The minimum Gasteiger partial charge on any atom is -0.543 e. The van der Waals surface area contributed by atoms with Gasteiger partial charge in [0.1, 0.15) is 0 Å². The summed E-state index contributed by atoms with van der Waals surface area (Å²) in [5.74, 6) is -1.58. The molecule has 1 rings (SSSR count). The predicted molar refractivity (Wildman–Crippen MR) is 29.0 cm³/mol. The zero-order chi connectivity index (χ0) is 7.56. The fourth-order valence-electron chi connectivity index (χ4n) is 0.568. The van der Waals surface area contributed by atoms with Crippen LogP contribution in [0.15, 0.2) is 11.8 Å². The Kier molecular flexibility index (Phi) is 1.57. The lowest BCUT2D eigenvalue weighted by molar-refractivity contribution is -0.299. The second kappa shape index (κ2) is 2.38. The molecule has 0 atom stereocenters. The number of hydrazine groups is 1. The van der Waals surface area contributed by atoms with Gasteiger partial charge < -0.3 is 9.90 Å². The maximum absolute atomic E-state index is 10.4. The second-order valence-corrected chi connectivity index (χ2v) is 1.78. The van der Waals surface area contributed by atoms with Gasteiger partial charge in [-0.3, -0.25) is 15.6 Å². The largest absolute Gasteiger partial charge is 0.543 e. The molecule has 1 heterocycles. The van der Waals surface area contributed by atoms with Gasteiger partial charge in [-0.2, -0.15) is 0 Å². The van der Waals surface area contributed by atoms with Crippen molar-refractivity contribution < 1.29 is 14.7 Å². The van der Waals surface area contributed by atoms with Gasteiger partial charge >= 0.3 is 0 Å². The number of hydrogen-bond donors (Lipinski definition) is 2. The predicted octanol–water partition coefficient (Wildman–Crippen LogP) is -2.36. The minimum absolute atomic E-state index is 0.0797. The molecule has 0 bridgehead atoms. The Morgan fingerprint density at radius 3 is 2.70 bits per heavy atom. The molecule has 0 radical (unpaired) electrons. The Morgan fingerprint density at radius 2 is 2.30 bits per heavy atom. The highest BCUT2D eigenvalue weighted by molar-refractivity contribution is 5.88. The summed E-state index contributed by atoms with van der Waals surface area (Å²) in [7, 11) is 0. The lowest BCUT2D eigenvalue weighted by Gasteiger charge is -2.16. The maximum atomic E-state index is 10.4. The van der Waals surface area contributed by atoms with Crippen molar-refractivity contribution in [1.82, 2.24) is 10.9 Å². The van der Waals surface area contributed by atoms with Crippen molar-refractivity contribution in [3.8, 4) is 0 Å². The first kappa shape index (κ1) is 6.60. The third-order valence-electron chi connectivity index (χ3n) is 1.05.